The summed E-state index contributed by atoms with van der Waals surface area (Å²) in [7, 11) is 0. The van der Waals surface area contributed by atoms with Crippen LogP contribution in [0.1, 0.15) is 39.2 Å². The molecule has 1 atom stereocenters. The Labute approximate surface area is 173 Å². The third kappa shape index (κ3) is 3.62. The second kappa shape index (κ2) is 7.35. The van der Waals surface area contributed by atoms with E-state index < -0.39 is 18.1 Å². The summed E-state index contributed by atoms with van der Waals surface area (Å²) in [6, 6.07) is 4.85. The van der Waals surface area contributed by atoms with Crippen molar-refractivity contribution in [1.29, 1.82) is 0 Å². The summed E-state index contributed by atoms with van der Waals surface area (Å²) < 4.78 is 43.3. The molecule has 2 aromatic heterocycles. The summed E-state index contributed by atoms with van der Waals surface area (Å²) in [6.45, 7) is 1.13. The number of nitrogens with one attached hydrogen (secondary N) is 2. The first-order chi connectivity index (χ1) is 14.1. The molecule has 1 aliphatic rings. The zero-order chi connectivity index (χ0) is 21.6. The van der Waals surface area contributed by atoms with E-state index in [0.29, 0.717) is 39.5 Å². The van der Waals surface area contributed by atoms with Crippen LogP contribution in [0.5, 0.6) is 0 Å². The first-order valence-corrected chi connectivity index (χ1v) is 9.44. The summed E-state index contributed by atoms with van der Waals surface area (Å²) in [5.74, 6) is -0.954. The van der Waals surface area contributed by atoms with Crippen molar-refractivity contribution in [3.05, 3.63) is 52.0 Å². The smallest absolute Gasteiger partial charge is 0.360 e. The highest BCUT2D eigenvalue weighted by Gasteiger charge is 2.38. The van der Waals surface area contributed by atoms with Crippen molar-refractivity contribution >= 4 is 34.3 Å². The van der Waals surface area contributed by atoms with E-state index in [2.05, 4.69) is 10.1 Å². The van der Waals surface area contributed by atoms with Crippen molar-refractivity contribution in [2.75, 3.05) is 6.54 Å². The maximum absolute atomic E-state index is 13.0. The number of rotatable bonds is 3. The number of fused-ring (bicyclic) bond motifs is 2. The Morgan fingerprint density at radius 2 is 2.13 bits per heavy atom. The summed E-state index contributed by atoms with van der Waals surface area (Å²) in [5, 5.41) is 6.69. The number of hydrogen-bond acceptors (Lipinski definition) is 4. The maximum Gasteiger partial charge on any atom is 0.408 e. The molecule has 4 rings (SSSR count). The number of benzene rings is 1. The van der Waals surface area contributed by atoms with E-state index in [4.69, 9.17) is 16.1 Å². The number of aromatic nitrogens is 2. The van der Waals surface area contributed by atoms with Crippen LogP contribution in [0.2, 0.25) is 5.02 Å². The molecule has 2 N–H and O–H groups in total. The topological polar surface area (TPSA) is 91.2 Å². The molecule has 1 aliphatic heterocycles. The van der Waals surface area contributed by atoms with E-state index in [1.807, 2.05) is 5.32 Å². The Kier molecular flexibility index (Phi) is 4.97. The number of alkyl halides is 3. The van der Waals surface area contributed by atoms with E-state index >= 15 is 0 Å². The zero-order valence-corrected chi connectivity index (χ0v) is 16.4. The van der Waals surface area contributed by atoms with E-state index in [0.717, 1.165) is 6.92 Å². The Hall–Kier alpha value is -3.01. The van der Waals surface area contributed by atoms with Gasteiger partial charge in [-0.25, -0.2) is 0 Å². The molecule has 3 heterocycles. The van der Waals surface area contributed by atoms with Crippen LogP contribution in [0.25, 0.3) is 10.9 Å². The average Bonchev–Trinajstić information content (AvgIpc) is 3.31. The molecule has 0 spiro atoms. The van der Waals surface area contributed by atoms with Crippen molar-refractivity contribution < 1.29 is 27.3 Å². The first-order valence-electron chi connectivity index (χ1n) is 9.06. The second-order valence-corrected chi connectivity index (χ2v) is 7.44. The highest BCUT2D eigenvalue weighted by Crippen LogP contribution is 2.28. The number of halogens is 4. The summed E-state index contributed by atoms with van der Waals surface area (Å²) in [6.07, 6.45) is -4.30. The number of carbonyl (C=O) groups is 2. The first kappa shape index (κ1) is 20.3. The molecule has 1 unspecified atom stereocenters. The van der Waals surface area contributed by atoms with Gasteiger partial charge in [0.15, 0.2) is 5.69 Å². The van der Waals surface area contributed by atoms with E-state index in [1.165, 1.54) is 4.90 Å². The predicted molar refractivity (Wildman–Crippen MR) is 101 cm³/mol. The fourth-order valence-electron chi connectivity index (χ4n) is 3.31. The van der Waals surface area contributed by atoms with Gasteiger partial charge in [-0.3, -0.25) is 9.59 Å². The monoisotopic (exact) mass is 440 g/mol. The molecule has 1 aromatic carbocycles. The summed E-state index contributed by atoms with van der Waals surface area (Å²) in [5.41, 5.74) is 1.07. The lowest BCUT2D eigenvalue weighted by molar-refractivity contribution is -0.149. The minimum absolute atomic E-state index is 0.0100. The van der Waals surface area contributed by atoms with Crippen LogP contribution in [-0.2, 0) is 13.0 Å². The van der Waals surface area contributed by atoms with Gasteiger partial charge >= 0.3 is 6.18 Å². The quantitative estimate of drug-likeness (QED) is 0.650. The van der Waals surface area contributed by atoms with E-state index in [9.17, 15) is 22.8 Å². The highest BCUT2D eigenvalue weighted by atomic mass is 35.5. The largest absolute Gasteiger partial charge is 0.408 e. The maximum atomic E-state index is 13.0. The molecule has 158 valence electrons. The molecule has 0 saturated heterocycles. The molecule has 2 amide bonds. The van der Waals surface area contributed by atoms with Gasteiger partial charge in [-0.05, 0) is 25.1 Å². The highest BCUT2D eigenvalue weighted by molar-refractivity contribution is 6.35. The van der Waals surface area contributed by atoms with Crippen molar-refractivity contribution in [2.45, 2.75) is 32.1 Å². The minimum atomic E-state index is -4.58. The lowest BCUT2D eigenvalue weighted by Gasteiger charge is -2.26. The number of H-pyrrole nitrogens is 1. The third-order valence-corrected chi connectivity index (χ3v) is 5.34. The third-order valence-electron chi connectivity index (χ3n) is 5.01. The molecule has 0 radical (unpaired) electrons. The van der Waals surface area contributed by atoms with Gasteiger partial charge in [0.1, 0.15) is 17.5 Å². The fourth-order valence-corrected chi connectivity index (χ4v) is 3.54. The van der Waals surface area contributed by atoms with Gasteiger partial charge in [0, 0.05) is 34.5 Å². The van der Waals surface area contributed by atoms with Gasteiger partial charge in [-0.15, -0.1) is 0 Å². The molecule has 0 bridgehead atoms. The Balaban J connectivity index is 1.55. The molecular weight excluding hydrogens is 425 g/mol. The fraction of sp³-hybridized carbons (Fsp3) is 0.316. The number of hydrogen-bond donors (Lipinski definition) is 2. The van der Waals surface area contributed by atoms with Crippen molar-refractivity contribution in [2.24, 2.45) is 0 Å². The number of amides is 2. The molecule has 7 nitrogen and oxygen atoms in total. The van der Waals surface area contributed by atoms with Crippen LogP contribution in [-0.4, -0.2) is 45.6 Å². The zero-order valence-electron chi connectivity index (χ0n) is 15.6. The molecule has 11 heteroatoms. The predicted octanol–water partition coefficient (Wildman–Crippen LogP) is 3.69. The number of aromatic amines is 1. The van der Waals surface area contributed by atoms with Crippen molar-refractivity contribution in [3.63, 3.8) is 0 Å². The lowest BCUT2D eigenvalue weighted by atomic mass is 10.0. The van der Waals surface area contributed by atoms with Gasteiger partial charge in [0.25, 0.3) is 11.8 Å². The van der Waals surface area contributed by atoms with Crippen LogP contribution >= 0.6 is 11.6 Å². The van der Waals surface area contributed by atoms with Crippen LogP contribution < -0.4 is 5.32 Å². The van der Waals surface area contributed by atoms with Gasteiger partial charge in [0.05, 0.1) is 6.54 Å². The van der Waals surface area contributed by atoms with Crippen LogP contribution in [0.4, 0.5) is 13.2 Å². The molecule has 0 saturated carbocycles. The molecular formula is C19H16ClF3N4O3. The van der Waals surface area contributed by atoms with E-state index in [-0.39, 0.29) is 24.6 Å². The molecule has 30 heavy (non-hydrogen) atoms. The van der Waals surface area contributed by atoms with Gasteiger partial charge in [0.2, 0.25) is 0 Å². The van der Waals surface area contributed by atoms with Crippen LogP contribution in [0.15, 0.2) is 28.8 Å². The summed E-state index contributed by atoms with van der Waals surface area (Å²) >= 11 is 6.15. The van der Waals surface area contributed by atoms with Crippen LogP contribution in [0, 0.1) is 0 Å². The average molecular weight is 441 g/mol. The second-order valence-electron chi connectivity index (χ2n) is 7.03. The summed E-state index contributed by atoms with van der Waals surface area (Å²) in [4.78, 5) is 29.7. The Morgan fingerprint density at radius 3 is 2.83 bits per heavy atom. The van der Waals surface area contributed by atoms with Gasteiger partial charge in [-0.1, -0.05) is 22.8 Å². The standard InChI is InChI=1S/C19H16ClF3N4O3/c1-9(19(21,22)23)24-17(28)16-11-8-27(6-5-15(11)30-26-16)18(29)14-7-10-12(20)3-2-4-13(10)25-14/h2-4,7,9,25H,5-6,8H2,1H3,(H,24,28). The SMILES string of the molecule is CC(NC(=O)c1noc2c1CN(C(=O)c1cc3c(Cl)cccc3[nH]1)CC2)C(F)(F)F. The van der Waals surface area contributed by atoms with Crippen molar-refractivity contribution in [1.82, 2.24) is 20.4 Å². The van der Waals surface area contributed by atoms with E-state index in [1.54, 1.807) is 24.3 Å². The van der Waals surface area contributed by atoms with Crippen LogP contribution in [0.3, 0.4) is 0 Å². The minimum Gasteiger partial charge on any atom is -0.360 e. The van der Waals surface area contributed by atoms with Gasteiger partial charge < -0.3 is 19.7 Å². The molecule has 3 aromatic rings. The number of nitrogens with zero attached hydrogens (tertiary/aromatic N) is 2. The molecule has 0 aliphatic carbocycles. The number of carbonyl (C=O) groups excluding carboxylic acids is 2. The Bertz CT molecular complexity index is 1140. The normalized spacial score (nSPS) is 15.2. The molecule has 0 fully saturated rings. The van der Waals surface area contributed by atoms with Crippen molar-refractivity contribution in [3.8, 4) is 0 Å². The van der Waals surface area contributed by atoms with Gasteiger partial charge in [-0.2, -0.15) is 13.2 Å². The Morgan fingerprint density at radius 1 is 1.37 bits per heavy atom. The lowest BCUT2D eigenvalue weighted by Crippen LogP contribution is -2.44.